The van der Waals surface area contributed by atoms with E-state index in [1.807, 2.05) is 18.2 Å². The van der Waals surface area contributed by atoms with Crippen LogP contribution in [0.25, 0.3) is 11.6 Å². The number of rotatable bonds is 0. The first-order valence-corrected chi connectivity index (χ1v) is 4.25. The molecule has 0 atom stereocenters. The van der Waals surface area contributed by atoms with Gasteiger partial charge in [0.05, 0.1) is 5.69 Å². The first-order valence-electron chi connectivity index (χ1n) is 4.25. The fourth-order valence-corrected chi connectivity index (χ4v) is 1.89. The van der Waals surface area contributed by atoms with Crippen molar-refractivity contribution in [3.05, 3.63) is 28.6 Å². The van der Waals surface area contributed by atoms with Crippen molar-refractivity contribution in [2.24, 2.45) is 4.99 Å². The SMILES string of the molecule is O=C1C=c2cccc3c2=C(C=N3)C1. The second-order valence-corrected chi connectivity index (χ2v) is 3.31. The molecule has 62 valence electrons. The van der Waals surface area contributed by atoms with Gasteiger partial charge in [0.2, 0.25) is 0 Å². The summed E-state index contributed by atoms with van der Waals surface area (Å²) in [5.41, 5.74) is 2.06. The van der Waals surface area contributed by atoms with E-state index in [2.05, 4.69) is 4.99 Å². The highest BCUT2D eigenvalue weighted by molar-refractivity contribution is 6.20. The largest absolute Gasteiger partial charge is 0.294 e. The minimum atomic E-state index is 0.174. The Balaban J connectivity index is 2.58. The topological polar surface area (TPSA) is 29.4 Å². The maximum Gasteiger partial charge on any atom is 0.160 e. The molecule has 0 spiro atoms. The van der Waals surface area contributed by atoms with E-state index in [-0.39, 0.29) is 5.78 Å². The molecule has 0 fully saturated rings. The zero-order valence-corrected chi connectivity index (χ0v) is 6.95. The molecule has 1 aromatic rings. The fourth-order valence-electron chi connectivity index (χ4n) is 1.89. The summed E-state index contributed by atoms with van der Waals surface area (Å²) in [6, 6.07) is 5.88. The van der Waals surface area contributed by atoms with Gasteiger partial charge in [-0.15, -0.1) is 0 Å². The summed E-state index contributed by atoms with van der Waals surface area (Å²) in [5, 5.41) is 2.17. The molecule has 0 bridgehead atoms. The Kier molecular flexibility index (Phi) is 1.13. The fraction of sp³-hybridized carbons (Fsp3) is 0.0909. The van der Waals surface area contributed by atoms with Crippen LogP contribution in [0, 0.1) is 0 Å². The molecule has 13 heavy (non-hydrogen) atoms. The van der Waals surface area contributed by atoms with Crippen LogP contribution in [0.4, 0.5) is 5.69 Å². The molecule has 0 aromatic heterocycles. The molecule has 1 aliphatic heterocycles. The number of benzene rings is 1. The van der Waals surface area contributed by atoms with Crippen molar-refractivity contribution in [2.45, 2.75) is 6.42 Å². The number of hydrogen-bond donors (Lipinski definition) is 0. The van der Waals surface area contributed by atoms with Crippen molar-refractivity contribution in [2.75, 3.05) is 0 Å². The first-order chi connectivity index (χ1) is 6.34. The maximum absolute atomic E-state index is 11.3. The van der Waals surface area contributed by atoms with E-state index in [9.17, 15) is 4.79 Å². The molecule has 3 rings (SSSR count). The Labute approximate surface area is 74.9 Å². The van der Waals surface area contributed by atoms with Crippen LogP contribution in [-0.4, -0.2) is 12.0 Å². The molecule has 0 radical (unpaired) electrons. The summed E-state index contributed by atoms with van der Waals surface area (Å²) in [7, 11) is 0. The molecule has 0 amide bonds. The Bertz CT molecular complexity index is 552. The van der Waals surface area contributed by atoms with Crippen LogP contribution in [0.5, 0.6) is 0 Å². The van der Waals surface area contributed by atoms with Gasteiger partial charge in [0.1, 0.15) is 0 Å². The number of nitrogens with zero attached hydrogens (tertiary/aromatic N) is 1. The molecule has 1 aromatic carbocycles. The second kappa shape index (κ2) is 2.16. The van der Waals surface area contributed by atoms with Gasteiger partial charge in [-0.1, -0.05) is 12.1 Å². The summed E-state index contributed by atoms with van der Waals surface area (Å²) < 4.78 is 0. The maximum atomic E-state index is 11.3. The molecule has 0 N–H and O–H groups in total. The molecule has 2 aliphatic rings. The number of hydrogen-bond acceptors (Lipinski definition) is 2. The van der Waals surface area contributed by atoms with E-state index < -0.39 is 0 Å². The van der Waals surface area contributed by atoms with E-state index in [0.717, 1.165) is 21.7 Å². The van der Waals surface area contributed by atoms with Crippen LogP contribution in [0.2, 0.25) is 0 Å². The van der Waals surface area contributed by atoms with Crippen LogP contribution >= 0.6 is 0 Å². The average molecular weight is 169 g/mol. The third-order valence-electron chi connectivity index (χ3n) is 2.44. The zero-order valence-electron chi connectivity index (χ0n) is 6.95. The minimum absolute atomic E-state index is 0.174. The van der Waals surface area contributed by atoms with Gasteiger partial charge in [0.25, 0.3) is 0 Å². The van der Waals surface area contributed by atoms with Gasteiger partial charge in [-0.3, -0.25) is 9.79 Å². The van der Waals surface area contributed by atoms with Gasteiger partial charge >= 0.3 is 0 Å². The molecule has 0 unspecified atom stereocenters. The lowest BCUT2D eigenvalue weighted by Crippen LogP contribution is -2.30. The second-order valence-electron chi connectivity index (χ2n) is 3.31. The lowest BCUT2D eigenvalue weighted by atomic mass is 10.0. The Morgan fingerprint density at radius 1 is 1.31 bits per heavy atom. The molecular weight excluding hydrogens is 162 g/mol. The zero-order chi connectivity index (χ0) is 8.84. The minimum Gasteiger partial charge on any atom is -0.294 e. The quantitative estimate of drug-likeness (QED) is 0.549. The van der Waals surface area contributed by atoms with Crippen molar-refractivity contribution in [3.63, 3.8) is 0 Å². The predicted octanol–water partition coefficient (Wildman–Crippen LogP) is 0.306. The third-order valence-corrected chi connectivity index (χ3v) is 2.44. The van der Waals surface area contributed by atoms with Crippen molar-refractivity contribution in [1.29, 1.82) is 0 Å². The van der Waals surface area contributed by atoms with E-state index in [0.29, 0.717) is 6.42 Å². The summed E-state index contributed by atoms with van der Waals surface area (Å²) in [5.74, 6) is 0.174. The number of ketones is 1. The molecule has 1 heterocycles. The van der Waals surface area contributed by atoms with Crippen LogP contribution in [-0.2, 0) is 4.79 Å². The molecule has 0 saturated carbocycles. The van der Waals surface area contributed by atoms with Gasteiger partial charge in [0.15, 0.2) is 5.78 Å². The number of Topliss-reactive ketones (excluding diaryl/α,β-unsaturated/α-hetero) is 1. The number of carbonyl (C=O) groups is 1. The highest BCUT2D eigenvalue weighted by Gasteiger charge is 2.14. The monoisotopic (exact) mass is 169 g/mol. The van der Waals surface area contributed by atoms with Crippen LogP contribution in [0.1, 0.15) is 6.42 Å². The van der Waals surface area contributed by atoms with Crippen molar-refractivity contribution in [1.82, 2.24) is 0 Å². The lowest BCUT2D eigenvalue weighted by molar-refractivity contribution is -0.112. The summed E-state index contributed by atoms with van der Waals surface area (Å²) in [6.07, 6.45) is 4.02. The van der Waals surface area contributed by atoms with E-state index >= 15 is 0 Å². The highest BCUT2D eigenvalue weighted by atomic mass is 16.1. The van der Waals surface area contributed by atoms with E-state index in [4.69, 9.17) is 0 Å². The average Bonchev–Trinajstić information content (AvgIpc) is 2.50. The number of aliphatic imine (C=N–C) groups is 1. The van der Waals surface area contributed by atoms with Gasteiger partial charge < -0.3 is 0 Å². The van der Waals surface area contributed by atoms with Crippen molar-refractivity contribution < 1.29 is 4.79 Å². The Hall–Kier alpha value is -1.70. The van der Waals surface area contributed by atoms with E-state index in [1.165, 1.54) is 0 Å². The summed E-state index contributed by atoms with van der Waals surface area (Å²) in [6.45, 7) is 0. The van der Waals surface area contributed by atoms with Crippen molar-refractivity contribution >= 4 is 29.3 Å². The third kappa shape index (κ3) is 0.827. The van der Waals surface area contributed by atoms with Crippen molar-refractivity contribution in [3.8, 4) is 0 Å². The number of carbonyl (C=O) groups excluding carboxylic acids is 1. The van der Waals surface area contributed by atoms with Gasteiger partial charge in [-0.2, -0.15) is 0 Å². The molecule has 0 saturated heterocycles. The van der Waals surface area contributed by atoms with Gasteiger partial charge in [0, 0.05) is 17.9 Å². The molecule has 2 nitrogen and oxygen atoms in total. The normalized spacial score (nSPS) is 17.2. The molecule has 1 aliphatic carbocycles. The standard InChI is InChI=1S/C11H7NO/c13-9-4-7-2-1-3-10-11(7)8(5-9)6-12-10/h1-4,6H,5H2. The van der Waals surface area contributed by atoms with Gasteiger partial charge in [-0.05, 0) is 22.9 Å². The predicted molar refractivity (Wildman–Crippen MR) is 51.3 cm³/mol. The smallest absolute Gasteiger partial charge is 0.160 e. The lowest BCUT2D eigenvalue weighted by Gasteiger charge is -2.01. The summed E-state index contributed by atoms with van der Waals surface area (Å²) in [4.78, 5) is 15.5. The summed E-state index contributed by atoms with van der Waals surface area (Å²) >= 11 is 0. The molecule has 2 heteroatoms. The van der Waals surface area contributed by atoms with Crippen LogP contribution < -0.4 is 10.4 Å². The Morgan fingerprint density at radius 3 is 3.15 bits per heavy atom. The van der Waals surface area contributed by atoms with Crippen LogP contribution in [0.3, 0.4) is 0 Å². The Morgan fingerprint density at radius 2 is 2.23 bits per heavy atom. The molecular formula is C11H7NO. The van der Waals surface area contributed by atoms with Crippen LogP contribution in [0.15, 0.2) is 23.2 Å². The van der Waals surface area contributed by atoms with Gasteiger partial charge in [-0.25, -0.2) is 0 Å². The highest BCUT2D eigenvalue weighted by Crippen LogP contribution is 2.14. The van der Waals surface area contributed by atoms with E-state index in [1.54, 1.807) is 12.3 Å². The first kappa shape index (κ1) is 6.78.